The Morgan fingerprint density at radius 2 is 1.35 bits per heavy atom. The number of hydrogen-bond acceptors (Lipinski definition) is 1. The van der Waals surface area contributed by atoms with Crippen LogP contribution in [0.15, 0.2) is 0 Å². The highest BCUT2D eigenvalue weighted by Crippen LogP contribution is 2.70. The van der Waals surface area contributed by atoms with Crippen molar-refractivity contribution in [1.29, 1.82) is 0 Å². The summed E-state index contributed by atoms with van der Waals surface area (Å²) in [7, 11) is 2.18. The van der Waals surface area contributed by atoms with Gasteiger partial charge in [0.2, 0.25) is 0 Å². The first-order valence-corrected chi connectivity index (χ1v) is 7.60. The van der Waals surface area contributed by atoms with E-state index in [0.717, 1.165) is 17.9 Å². The first-order chi connectivity index (χ1) is 7.93. The Bertz CT molecular complexity index is 245. The van der Waals surface area contributed by atoms with Crippen LogP contribution in [0.5, 0.6) is 0 Å². The molecule has 1 heteroatoms. The smallest absolute Gasteiger partial charge is 0.0131 e. The molecule has 0 aromatic carbocycles. The van der Waals surface area contributed by atoms with E-state index >= 15 is 0 Å². The molecule has 1 unspecified atom stereocenters. The molecule has 0 aliphatic heterocycles. The highest BCUT2D eigenvalue weighted by atomic mass is 14.9. The molecule has 100 valence electrons. The van der Waals surface area contributed by atoms with Crippen LogP contribution in [-0.2, 0) is 0 Å². The van der Waals surface area contributed by atoms with E-state index in [1.54, 1.807) is 0 Å². The minimum Gasteiger partial charge on any atom is -0.316 e. The fourth-order valence-corrected chi connectivity index (χ4v) is 4.49. The quantitative estimate of drug-likeness (QED) is 0.724. The van der Waals surface area contributed by atoms with Gasteiger partial charge in [-0.25, -0.2) is 0 Å². The summed E-state index contributed by atoms with van der Waals surface area (Å²) in [6.07, 6.45) is 8.74. The predicted octanol–water partition coefficient (Wildman–Crippen LogP) is 4.23. The molecule has 0 amide bonds. The number of rotatable bonds is 3. The largest absolute Gasteiger partial charge is 0.316 e. The molecule has 0 bridgehead atoms. The summed E-state index contributed by atoms with van der Waals surface area (Å²) >= 11 is 0. The van der Waals surface area contributed by atoms with Crippen molar-refractivity contribution in [3.63, 3.8) is 0 Å². The molecule has 17 heavy (non-hydrogen) atoms. The van der Waals surface area contributed by atoms with E-state index in [-0.39, 0.29) is 0 Å². The van der Waals surface area contributed by atoms with Gasteiger partial charge in [-0.1, -0.05) is 53.4 Å². The fourth-order valence-electron chi connectivity index (χ4n) is 4.49. The Balaban J connectivity index is 2.07. The molecule has 0 aromatic heterocycles. The van der Waals surface area contributed by atoms with Gasteiger partial charge in [-0.2, -0.15) is 0 Å². The van der Waals surface area contributed by atoms with Crippen molar-refractivity contribution in [2.45, 2.75) is 72.3 Å². The van der Waals surface area contributed by atoms with Crippen LogP contribution in [0, 0.1) is 22.7 Å². The second-order valence-corrected chi connectivity index (χ2v) is 7.49. The zero-order chi connectivity index (χ0) is 12.7. The maximum atomic E-state index is 3.67. The Labute approximate surface area is 108 Å². The molecule has 2 rings (SSSR count). The summed E-state index contributed by atoms with van der Waals surface area (Å²) in [5, 5.41) is 3.67. The Morgan fingerprint density at radius 3 is 1.71 bits per heavy atom. The third kappa shape index (κ3) is 2.16. The van der Waals surface area contributed by atoms with Gasteiger partial charge in [-0.15, -0.1) is 0 Å². The van der Waals surface area contributed by atoms with Gasteiger partial charge < -0.3 is 5.32 Å². The molecule has 0 saturated heterocycles. The van der Waals surface area contributed by atoms with E-state index in [1.165, 1.54) is 38.5 Å². The van der Waals surface area contributed by atoms with Crippen molar-refractivity contribution in [3.05, 3.63) is 0 Å². The van der Waals surface area contributed by atoms with E-state index in [0.29, 0.717) is 10.8 Å². The molecule has 2 aliphatic rings. The van der Waals surface area contributed by atoms with E-state index in [4.69, 9.17) is 0 Å². The monoisotopic (exact) mass is 237 g/mol. The normalized spacial score (nSPS) is 30.9. The van der Waals surface area contributed by atoms with Gasteiger partial charge in [0.1, 0.15) is 0 Å². The number of nitrogens with one attached hydrogen (secondary N) is 1. The average molecular weight is 237 g/mol. The summed E-state index contributed by atoms with van der Waals surface area (Å²) in [4.78, 5) is 0. The lowest BCUT2D eigenvalue weighted by Crippen LogP contribution is -2.37. The molecule has 0 heterocycles. The van der Waals surface area contributed by atoms with Gasteiger partial charge in [0, 0.05) is 6.04 Å². The Hall–Kier alpha value is -0.0400. The minimum atomic E-state index is 0.521. The lowest BCUT2D eigenvalue weighted by molar-refractivity contribution is 0.273. The lowest BCUT2D eigenvalue weighted by Gasteiger charge is -2.28. The molecule has 2 saturated carbocycles. The summed E-state index contributed by atoms with van der Waals surface area (Å²) < 4.78 is 0. The maximum absolute atomic E-state index is 3.67. The first kappa shape index (κ1) is 13.4. The van der Waals surface area contributed by atoms with Gasteiger partial charge in [-0.05, 0) is 42.6 Å². The average Bonchev–Trinajstić information content (AvgIpc) is 2.80. The summed E-state index contributed by atoms with van der Waals surface area (Å²) in [5.74, 6) is 1.79. The molecule has 1 N–H and O–H groups in total. The standard InChI is InChI=1S/C16H31N/c1-15(2)14(16(15,3)4)13(17-5)12-10-8-6-7-9-11-12/h12-14,17H,6-11H2,1-5H3. The molecule has 0 spiro atoms. The van der Waals surface area contributed by atoms with Crippen LogP contribution in [0.4, 0.5) is 0 Å². The predicted molar refractivity (Wildman–Crippen MR) is 75.1 cm³/mol. The summed E-state index contributed by atoms with van der Waals surface area (Å²) in [6.45, 7) is 9.83. The molecular formula is C16H31N. The SMILES string of the molecule is CNC(C1CCCCCC1)C1C(C)(C)C1(C)C. The van der Waals surface area contributed by atoms with Crippen LogP contribution in [0.25, 0.3) is 0 Å². The van der Waals surface area contributed by atoms with E-state index in [1.807, 2.05) is 0 Å². The third-order valence-corrected chi connectivity index (χ3v) is 6.23. The van der Waals surface area contributed by atoms with Crippen molar-refractivity contribution in [2.75, 3.05) is 7.05 Å². The lowest BCUT2D eigenvalue weighted by atomic mass is 9.86. The van der Waals surface area contributed by atoms with Crippen LogP contribution in [0.2, 0.25) is 0 Å². The van der Waals surface area contributed by atoms with E-state index < -0.39 is 0 Å². The van der Waals surface area contributed by atoms with Crippen molar-refractivity contribution >= 4 is 0 Å². The van der Waals surface area contributed by atoms with E-state index in [2.05, 4.69) is 40.1 Å². The molecule has 2 fully saturated rings. The molecule has 0 aromatic rings. The maximum Gasteiger partial charge on any atom is 0.0131 e. The second-order valence-electron chi connectivity index (χ2n) is 7.49. The zero-order valence-corrected chi connectivity index (χ0v) is 12.5. The van der Waals surface area contributed by atoms with Crippen LogP contribution < -0.4 is 5.32 Å². The summed E-state index contributed by atoms with van der Waals surface area (Å²) in [5.41, 5.74) is 1.04. The van der Waals surface area contributed by atoms with Crippen LogP contribution >= 0.6 is 0 Å². The summed E-state index contributed by atoms with van der Waals surface area (Å²) in [6, 6.07) is 0.748. The molecule has 1 nitrogen and oxygen atoms in total. The van der Waals surface area contributed by atoms with Crippen molar-refractivity contribution in [1.82, 2.24) is 5.32 Å². The van der Waals surface area contributed by atoms with E-state index in [9.17, 15) is 0 Å². The van der Waals surface area contributed by atoms with Crippen molar-refractivity contribution < 1.29 is 0 Å². The Kier molecular flexibility index (Phi) is 3.60. The van der Waals surface area contributed by atoms with Crippen molar-refractivity contribution in [3.8, 4) is 0 Å². The van der Waals surface area contributed by atoms with Gasteiger partial charge >= 0.3 is 0 Å². The topological polar surface area (TPSA) is 12.0 Å². The Morgan fingerprint density at radius 1 is 0.882 bits per heavy atom. The zero-order valence-electron chi connectivity index (χ0n) is 12.5. The fraction of sp³-hybridized carbons (Fsp3) is 1.00. The second kappa shape index (κ2) is 4.57. The third-order valence-electron chi connectivity index (χ3n) is 6.23. The minimum absolute atomic E-state index is 0.521. The van der Waals surface area contributed by atoms with Crippen LogP contribution in [-0.4, -0.2) is 13.1 Å². The van der Waals surface area contributed by atoms with Gasteiger partial charge in [0.15, 0.2) is 0 Å². The highest BCUT2D eigenvalue weighted by Gasteiger charge is 2.67. The molecule has 1 atom stereocenters. The van der Waals surface area contributed by atoms with Gasteiger partial charge in [0.25, 0.3) is 0 Å². The van der Waals surface area contributed by atoms with Gasteiger partial charge in [-0.3, -0.25) is 0 Å². The molecule has 2 aliphatic carbocycles. The van der Waals surface area contributed by atoms with Gasteiger partial charge in [0.05, 0.1) is 0 Å². The molecule has 0 radical (unpaired) electrons. The highest BCUT2D eigenvalue weighted by molar-refractivity contribution is 5.17. The number of hydrogen-bond donors (Lipinski definition) is 1. The van der Waals surface area contributed by atoms with Crippen molar-refractivity contribution in [2.24, 2.45) is 22.7 Å². The molecular weight excluding hydrogens is 206 g/mol. The van der Waals surface area contributed by atoms with Crippen LogP contribution in [0.1, 0.15) is 66.2 Å². The van der Waals surface area contributed by atoms with Crippen LogP contribution in [0.3, 0.4) is 0 Å². The first-order valence-electron chi connectivity index (χ1n) is 7.60.